The van der Waals surface area contributed by atoms with E-state index in [1.165, 1.54) is 12.7 Å². The van der Waals surface area contributed by atoms with Gasteiger partial charge in [0.05, 0.1) is 19.8 Å². The van der Waals surface area contributed by atoms with Gasteiger partial charge in [0.25, 0.3) is 0 Å². The quantitative estimate of drug-likeness (QED) is 0.612. The van der Waals surface area contributed by atoms with Crippen molar-refractivity contribution in [3.05, 3.63) is 47.2 Å². The first kappa shape index (κ1) is 10.7. The molecule has 1 unspecified atom stereocenters. The van der Waals surface area contributed by atoms with Crippen LogP contribution in [0.3, 0.4) is 0 Å². The van der Waals surface area contributed by atoms with Crippen molar-refractivity contribution in [3.63, 3.8) is 0 Å². The lowest BCUT2D eigenvalue weighted by atomic mass is 9.95. The van der Waals surface area contributed by atoms with Crippen molar-refractivity contribution in [1.29, 1.82) is 0 Å². The summed E-state index contributed by atoms with van der Waals surface area (Å²) in [5, 5.41) is 9.18. The lowest BCUT2D eigenvalue weighted by molar-refractivity contribution is -0.140. The molecule has 0 aliphatic heterocycles. The van der Waals surface area contributed by atoms with E-state index in [-0.39, 0.29) is 11.9 Å². The number of rotatable bonds is 2. The zero-order valence-electron chi connectivity index (χ0n) is 9.14. The van der Waals surface area contributed by atoms with E-state index in [0.29, 0.717) is 12.8 Å². The second-order valence-corrected chi connectivity index (χ2v) is 3.91. The van der Waals surface area contributed by atoms with Crippen molar-refractivity contribution in [2.45, 2.75) is 18.8 Å². The van der Waals surface area contributed by atoms with Crippen molar-refractivity contribution in [2.75, 3.05) is 7.11 Å². The SMILES string of the molecule is COC(=O)CC1/C(=C/O)Cc2ccccc21. The topological polar surface area (TPSA) is 46.5 Å². The number of allylic oxidation sites excluding steroid dienone is 1. The van der Waals surface area contributed by atoms with Gasteiger partial charge in [-0.1, -0.05) is 24.3 Å². The maximum Gasteiger partial charge on any atom is 0.306 e. The van der Waals surface area contributed by atoms with Gasteiger partial charge in [-0.3, -0.25) is 4.79 Å². The third-order valence-electron chi connectivity index (χ3n) is 3.04. The molecule has 3 heteroatoms. The van der Waals surface area contributed by atoms with Gasteiger partial charge in [0.2, 0.25) is 0 Å². The van der Waals surface area contributed by atoms with Gasteiger partial charge >= 0.3 is 5.97 Å². The van der Waals surface area contributed by atoms with E-state index in [2.05, 4.69) is 4.74 Å². The molecule has 16 heavy (non-hydrogen) atoms. The standard InChI is InChI=1S/C13H14O3/c1-16-13(15)7-12-10(8-14)6-9-4-2-3-5-11(9)12/h2-5,8,12,14H,6-7H2,1H3/b10-8+. The summed E-state index contributed by atoms with van der Waals surface area (Å²) in [5.41, 5.74) is 3.18. The van der Waals surface area contributed by atoms with Crippen LogP contribution in [0, 0.1) is 0 Å². The number of esters is 1. The number of hydrogen-bond donors (Lipinski definition) is 1. The average molecular weight is 218 g/mol. The fourth-order valence-electron chi connectivity index (χ4n) is 2.20. The van der Waals surface area contributed by atoms with Crippen LogP contribution >= 0.6 is 0 Å². The molecule has 0 spiro atoms. The molecular formula is C13H14O3. The Morgan fingerprint density at radius 2 is 2.31 bits per heavy atom. The molecule has 1 aliphatic rings. The number of aliphatic hydroxyl groups is 1. The molecule has 1 aromatic rings. The third-order valence-corrected chi connectivity index (χ3v) is 3.04. The number of carbonyl (C=O) groups is 1. The molecule has 0 fully saturated rings. The van der Waals surface area contributed by atoms with Crippen molar-refractivity contribution in [3.8, 4) is 0 Å². The number of methoxy groups -OCH3 is 1. The second-order valence-electron chi connectivity index (χ2n) is 3.91. The number of hydrogen-bond acceptors (Lipinski definition) is 3. The van der Waals surface area contributed by atoms with E-state index in [4.69, 9.17) is 0 Å². The predicted molar refractivity (Wildman–Crippen MR) is 60.2 cm³/mol. The summed E-state index contributed by atoms with van der Waals surface area (Å²) in [5.74, 6) is -0.283. The summed E-state index contributed by atoms with van der Waals surface area (Å²) in [6.07, 6.45) is 2.13. The van der Waals surface area contributed by atoms with E-state index in [1.54, 1.807) is 0 Å². The zero-order valence-corrected chi connectivity index (χ0v) is 9.14. The summed E-state index contributed by atoms with van der Waals surface area (Å²) < 4.78 is 4.67. The van der Waals surface area contributed by atoms with Crippen molar-refractivity contribution < 1.29 is 14.6 Å². The van der Waals surface area contributed by atoms with Gasteiger partial charge < -0.3 is 9.84 Å². The summed E-state index contributed by atoms with van der Waals surface area (Å²) in [7, 11) is 1.38. The first-order valence-electron chi connectivity index (χ1n) is 5.24. The first-order chi connectivity index (χ1) is 7.76. The number of fused-ring (bicyclic) bond motifs is 1. The molecule has 1 aliphatic carbocycles. The van der Waals surface area contributed by atoms with Crippen LogP contribution in [0.1, 0.15) is 23.5 Å². The smallest absolute Gasteiger partial charge is 0.306 e. The molecule has 0 radical (unpaired) electrons. The molecule has 0 amide bonds. The summed E-state index contributed by atoms with van der Waals surface area (Å²) in [4.78, 5) is 11.3. The predicted octanol–water partition coefficient (Wildman–Crippen LogP) is 2.33. The average Bonchev–Trinajstić information content (AvgIpc) is 2.67. The van der Waals surface area contributed by atoms with Crippen LogP contribution in [-0.4, -0.2) is 18.2 Å². The molecule has 2 rings (SSSR count). The highest BCUT2D eigenvalue weighted by Gasteiger charge is 2.29. The minimum absolute atomic E-state index is 0.0337. The van der Waals surface area contributed by atoms with Crippen LogP contribution < -0.4 is 0 Å². The Hall–Kier alpha value is -1.77. The molecule has 0 bridgehead atoms. The van der Waals surface area contributed by atoms with Crippen molar-refractivity contribution >= 4 is 5.97 Å². The highest BCUT2D eigenvalue weighted by atomic mass is 16.5. The molecule has 1 atom stereocenters. The Morgan fingerprint density at radius 3 is 3.00 bits per heavy atom. The molecule has 0 saturated heterocycles. The second kappa shape index (κ2) is 4.39. The molecule has 0 aromatic heterocycles. The van der Waals surface area contributed by atoms with Crippen LogP contribution in [0.4, 0.5) is 0 Å². The number of benzene rings is 1. The van der Waals surface area contributed by atoms with Crippen LogP contribution in [0.5, 0.6) is 0 Å². The number of ether oxygens (including phenoxy) is 1. The van der Waals surface area contributed by atoms with E-state index >= 15 is 0 Å². The third kappa shape index (κ3) is 1.81. The normalized spacial score (nSPS) is 20.8. The van der Waals surface area contributed by atoms with Gasteiger partial charge in [-0.15, -0.1) is 0 Å². The summed E-state index contributed by atoms with van der Waals surface area (Å²) >= 11 is 0. The fourth-order valence-corrected chi connectivity index (χ4v) is 2.20. The van der Waals surface area contributed by atoms with Gasteiger partial charge in [-0.05, 0) is 23.1 Å². The number of aliphatic hydroxyl groups excluding tert-OH is 1. The van der Waals surface area contributed by atoms with Gasteiger partial charge in [0.15, 0.2) is 0 Å². The molecule has 0 saturated carbocycles. The summed E-state index contributed by atoms with van der Waals surface area (Å²) in [6, 6.07) is 7.94. The molecular weight excluding hydrogens is 204 g/mol. The van der Waals surface area contributed by atoms with Crippen LogP contribution in [-0.2, 0) is 16.0 Å². The largest absolute Gasteiger partial charge is 0.516 e. The van der Waals surface area contributed by atoms with Gasteiger partial charge in [-0.25, -0.2) is 0 Å². The highest BCUT2D eigenvalue weighted by molar-refractivity contribution is 5.72. The fraction of sp³-hybridized carbons (Fsp3) is 0.308. The monoisotopic (exact) mass is 218 g/mol. The molecule has 0 heterocycles. The van der Waals surface area contributed by atoms with Crippen molar-refractivity contribution in [2.24, 2.45) is 0 Å². The van der Waals surface area contributed by atoms with Crippen molar-refractivity contribution in [1.82, 2.24) is 0 Å². The van der Waals surface area contributed by atoms with Crippen LogP contribution in [0.2, 0.25) is 0 Å². The molecule has 1 N–H and O–H groups in total. The lowest BCUT2D eigenvalue weighted by Crippen LogP contribution is -2.07. The van der Waals surface area contributed by atoms with E-state index < -0.39 is 0 Å². The Labute approximate surface area is 94.4 Å². The Bertz CT molecular complexity index is 435. The Kier molecular flexibility index (Phi) is 2.95. The van der Waals surface area contributed by atoms with Crippen LogP contribution in [0.25, 0.3) is 0 Å². The molecule has 3 nitrogen and oxygen atoms in total. The maximum absolute atomic E-state index is 11.3. The first-order valence-corrected chi connectivity index (χ1v) is 5.24. The number of carbonyl (C=O) groups excluding carboxylic acids is 1. The Morgan fingerprint density at radius 1 is 1.56 bits per heavy atom. The van der Waals surface area contributed by atoms with Crippen LogP contribution in [0.15, 0.2) is 36.1 Å². The van der Waals surface area contributed by atoms with Gasteiger partial charge in [0.1, 0.15) is 0 Å². The Balaban J connectivity index is 2.31. The maximum atomic E-state index is 11.3. The van der Waals surface area contributed by atoms with Gasteiger partial charge in [-0.2, -0.15) is 0 Å². The summed E-state index contributed by atoms with van der Waals surface area (Å²) in [6.45, 7) is 0. The van der Waals surface area contributed by atoms with E-state index in [9.17, 15) is 9.90 Å². The zero-order chi connectivity index (χ0) is 11.5. The van der Waals surface area contributed by atoms with E-state index in [1.807, 2.05) is 24.3 Å². The van der Waals surface area contributed by atoms with Gasteiger partial charge in [0, 0.05) is 5.92 Å². The lowest BCUT2D eigenvalue weighted by Gasteiger charge is -2.11. The minimum Gasteiger partial charge on any atom is -0.516 e. The van der Waals surface area contributed by atoms with E-state index in [0.717, 1.165) is 17.4 Å². The molecule has 1 aromatic carbocycles. The minimum atomic E-state index is -0.249. The molecule has 84 valence electrons. The highest BCUT2D eigenvalue weighted by Crippen LogP contribution is 2.39.